The van der Waals surface area contributed by atoms with Gasteiger partial charge in [0.2, 0.25) is 0 Å². The molecule has 0 aliphatic carbocycles. The summed E-state index contributed by atoms with van der Waals surface area (Å²) in [6.07, 6.45) is -0.356. The van der Waals surface area contributed by atoms with Crippen molar-refractivity contribution in [2.75, 3.05) is 6.61 Å². The molecule has 0 radical (unpaired) electrons. The minimum Gasteiger partial charge on any atom is -0.466 e. The molecule has 1 amide bonds. The average molecular weight is 455 g/mol. The van der Waals surface area contributed by atoms with Crippen LogP contribution in [0.4, 0.5) is 11.4 Å². The molecule has 0 saturated heterocycles. The first-order chi connectivity index (χ1) is 15.7. The van der Waals surface area contributed by atoms with Crippen molar-refractivity contribution in [2.45, 2.75) is 19.4 Å². The van der Waals surface area contributed by atoms with E-state index in [4.69, 9.17) is 9.15 Å². The van der Waals surface area contributed by atoms with Crippen molar-refractivity contribution < 1.29 is 28.6 Å². The number of non-ortho nitro benzene ring substituents is 2. The van der Waals surface area contributed by atoms with E-state index in [-0.39, 0.29) is 40.9 Å². The third-order valence-electron chi connectivity index (χ3n) is 4.64. The Morgan fingerprint density at radius 1 is 1.06 bits per heavy atom. The molecule has 3 rings (SSSR count). The van der Waals surface area contributed by atoms with E-state index in [2.05, 4.69) is 5.32 Å². The molecule has 12 nitrogen and oxygen atoms in total. The Kier molecular flexibility index (Phi) is 6.77. The second kappa shape index (κ2) is 9.68. The predicted molar refractivity (Wildman–Crippen MR) is 114 cm³/mol. The summed E-state index contributed by atoms with van der Waals surface area (Å²) in [7, 11) is 0. The van der Waals surface area contributed by atoms with E-state index in [0.717, 1.165) is 18.2 Å². The highest BCUT2D eigenvalue weighted by molar-refractivity contribution is 5.97. The summed E-state index contributed by atoms with van der Waals surface area (Å²) in [5, 5.41) is 24.8. The van der Waals surface area contributed by atoms with Gasteiger partial charge in [-0.25, -0.2) is 4.79 Å². The van der Waals surface area contributed by atoms with Crippen molar-refractivity contribution in [2.24, 2.45) is 0 Å². The van der Waals surface area contributed by atoms with Gasteiger partial charge in [-0.05, 0) is 24.6 Å². The summed E-state index contributed by atoms with van der Waals surface area (Å²) in [5.41, 5.74) is -1.69. The molecule has 3 aromatic rings. The molecule has 1 atom stereocenters. The lowest BCUT2D eigenvalue weighted by Crippen LogP contribution is -2.33. The van der Waals surface area contributed by atoms with E-state index in [9.17, 15) is 34.6 Å². The quantitative estimate of drug-likeness (QED) is 0.232. The van der Waals surface area contributed by atoms with Gasteiger partial charge in [0.1, 0.15) is 11.1 Å². The SMILES string of the molecule is CCOC(=O)CC(NC(=O)c1cc2cc([N+](=O)[O-])ccc2oc1=O)c1cccc([N+](=O)[O-])c1. The molecule has 1 unspecified atom stereocenters. The number of nitro benzene ring substituents is 2. The van der Waals surface area contributed by atoms with Crippen LogP contribution in [0.3, 0.4) is 0 Å². The van der Waals surface area contributed by atoms with Crippen LogP contribution in [0.2, 0.25) is 0 Å². The number of ether oxygens (including phenoxy) is 1. The topological polar surface area (TPSA) is 172 Å². The van der Waals surface area contributed by atoms with E-state index < -0.39 is 39.0 Å². The molecule has 0 bridgehead atoms. The Labute approximate surface area is 185 Å². The maximum atomic E-state index is 12.9. The molecule has 0 aliphatic rings. The standard InChI is InChI=1S/C21H17N3O9/c1-2-32-19(25)11-17(12-4-3-5-14(8-12)23(28)29)22-20(26)16-10-13-9-15(24(30)31)6-7-18(13)33-21(16)27/h3-10,17H,2,11H2,1H3,(H,22,26). The average Bonchev–Trinajstić information content (AvgIpc) is 2.77. The molecule has 0 fully saturated rings. The molecule has 12 heteroatoms. The molecule has 0 saturated carbocycles. The lowest BCUT2D eigenvalue weighted by atomic mass is 10.0. The Morgan fingerprint density at radius 3 is 2.42 bits per heavy atom. The highest BCUT2D eigenvalue weighted by Gasteiger charge is 2.24. The molecular formula is C21H17N3O9. The van der Waals surface area contributed by atoms with Crippen molar-refractivity contribution in [3.05, 3.63) is 90.3 Å². The smallest absolute Gasteiger partial charge is 0.349 e. The van der Waals surface area contributed by atoms with Crippen LogP contribution in [0, 0.1) is 20.2 Å². The minimum absolute atomic E-state index is 0.0453. The molecule has 1 aromatic heterocycles. The fourth-order valence-electron chi connectivity index (χ4n) is 3.11. The monoisotopic (exact) mass is 455 g/mol. The number of carbonyl (C=O) groups is 2. The number of fused-ring (bicyclic) bond motifs is 1. The first-order valence-electron chi connectivity index (χ1n) is 9.62. The zero-order valence-electron chi connectivity index (χ0n) is 17.2. The number of hydrogen-bond acceptors (Lipinski definition) is 9. The third-order valence-corrected chi connectivity index (χ3v) is 4.64. The van der Waals surface area contributed by atoms with Gasteiger partial charge in [0.15, 0.2) is 0 Å². The second-order valence-corrected chi connectivity index (χ2v) is 6.81. The van der Waals surface area contributed by atoms with Crippen molar-refractivity contribution in [1.82, 2.24) is 5.32 Å². The van der Waals surface area contributed by atoms with Gasteiger partial charge < -0.3 is 14.5 Å². The maximum Gasteiger partial charge on any atom is 0.349 e. The molecule has 170 valence electrons. The Balaban J connectivity index is 1.98. The zero-order chi connectivity index (χ0) is 24.1. The molecular weight excluding hydrogens is 438 g/mol. The molecule has 33 heavy (non-hydrogen) atoms. The number of esters is 1. The Morgan fingerprint density at radius 2 is 1.76 bits per heavy atom. The van der Waals surface area contributed by atoms with Gasteiger partial charge in [0, 0.05) is 29.7 Å². The summed E-state index contributed by atoms with van der Waals surface area (Å²) >= 11 is 0. The van der Waals surface area contributed by atoms with Crippen LogP contribution in [0.5, 0.6) is 0 Å². The second-order valence-electron chi connectivity index (χ2n) is 6.81. The van der Waals surface area contributed by atoms with Crippen LogP contribution in [0.25, 0.3) is 11.0 Å². The summed E-state index contributed by atoms with van der Waals surface area (Å²) in [6.45, 7) is 1.68. The summed E-state index contributed by atoms with van der Waals surface area (Å²) in [6, 6.07) is 8.92. The number of hydrogen-bond donors (Lipinski definition) is 1. The van der Waals surface area contributed by atoms with Gasteiger partial charge in [-0.3, -0.25) is 29.8 Å². The highest BCUT2D eigenvalue weighted by Crippen LogP contribution is 2.24. The summed E-state index contributed by atoms with van der Waals surface area (Å²) < 4.78 is 9.99. The zero-order valence-corrected chi connectivity index (χ0v) is 17.2. The lowest BCUT2D eigenvalue weighted by molar-refractivity contribution is -0.385. The van der Waals surface area contributed by atoms with Gasteiger partial charge in [-0.1, -0.05) is 12.1 Å². The van der Waals surface area contributed by atoms with Gasteiger partial charge in [0.25, 0.3) is 17.3 Å². The van der Waals surface area contributed by atoms with E-state index >= 15 is 0 Å². The van der Waals surface area contributed by atoms with Crippen molar-refractivity contribution >= 4 is 34.2 Å². The number of nitrogens with zero attached hydrogens (tertiary/aromatic N) is 2. The largest absolute Gasteiger partial charge is 0.466 e. The fourth-order valence-corrected chi connectivity index (χ4v) is 3.11. The van der Waals surface area contributed by atoms with Crippen LogP contribution < -0.4 is 10.9 Å². The number of benzene rings is 2. The van der Waals surface area contributed by atoms with Gasteiger partial charge in [-0.15, -0.1) is 0 Å². The van der Waals surface area contributed by atoms with Crippen LogP contribution in [-0.4, -0.2) is 28.3 Å². The predicted octanol–water partition coefficient (Wildman–Crippen LogP) is 3.03. The normalized spacial score (nSPS) is 11.5. The molecule has 2 aromatic carbocycles. The first-order valence-corrected chi connectivity index (χ1v) is 9.62. The van der Waals surface area contributed by atoms with E-state index in [1.54, 1.807) is 6.92 Å². The van der Waals surface area contributed by atoms with E-state index in [1.165, 1.54) is 30.3 Å². The van der Waals surface area contributed by atoms with Crippen molar-refractivity contribution in [3.8, 4) is 0 Å². The Bertz CT molecular complexity index is 1320. The summed E-state index contributed by atoms with van der Waals surface area (Å²) in [5.74, 6) is -1.60. The van der Waals surface area contributed by atoms with Crippen LogP contribution in [-0.2, 0) is 9.53 Å². The minimum atomic E-state index is -1.06. The highest BCUT2D eigenvalue weighted by atomic mass is 16.6. The number of nitrogens with one attached hydrogen (secondary N) is 1. The van der Waals surface area contributed by atoms with Crippen LogP contribution in [0.15, 0.2) is 57.7 Å². The van der Waals surface area contributed by atoms with Crippen LogP contribution in [0.1, 0.15) is 35.3 Å². The molecule has 0 aliphatic heterocycles. The van der Waals surface area contributed by atoms with Crippen LogP contribution >= 0.6 is 0 Å². The number of carbonyl (C=O) groups excluding carboxylic acids is 2. The third kappa shape index (κ3) is 5.36. The van der Waals surface area contributed by atoms with Gasteiger partial charge >= 0.3 is 11.6 Å². The fraction of sp³-hybridized carbons (Fsp3) is 0.190. The van der Waals surface area contributed by atoms with Crippen molar-refractivity contribution in [3.63, 3.8) is 0 Å². The Hall–Kier alpha value is -4.61. The van der Waals surface area contributed by atoms with Gasteiger partial charge in [0.05, 0.1) is 28.9 Å². The number of nitro groups is 2. The lowest BCUT2D eigenvalue weighted by Gasteiger charge is -2.18. The molecule has 1 N–H and O–H groups in total. The van der Waals surface area contributed by atoms with E-state index in [0.29, 0.717) is 0 Å². The number of amides is 1. The molecule has 1 heterocycles. The number of rotatable bonds is 8. The molecule has 0 spiro atoms. The van der Waals surface area contributed by atoms with Crippen molar-refractivity contribution in [1.29, 1.82) is 0 Å². The first kappa shape index (κ1) is 23.1. The van der Waals surface area contributed by atoms with E-state index in [1.807, 2.05) is 0 Å². The van der Waals surface area contributed by atoms with Gasteiger partial charge in [-0.2, -0.15) is 0 Å². The maximum absolute atomic E-state index is 12.9. The summed E-state index contributed by atoms with van der Waals surface area (Å²) in [4.78, 5) is 58.1.